The number of hydrogen-bond donors (Lipinski definition) is 3. The second-order valence-electron chi connectivity index (χ2n) is 6.20. The molecule has 1 heterocycles. The monoisotopic (exact) mass is 331 g/mol. The van der Waals surface area contributed by atoms with Gasteiger partial charge in [-0.05, 0) is 38.6 Å². The van der Waals surface area contributed by atoms with Crippen molar-refractivity contribution in [3.63, 3.8) is 0 Å². The second-order valence-corrected chi connectivity index (χ2v) is 6.60. The van der Waals surface area contributed by atoms with Gasteiger partial charge in [-0.25, -0.2) is 0 Å². The van der Waals surface area contributed by atoms with Crippen molar-refractivity contribution in [2.24, 2.45) is 0 Å². The smallest absolute Gasteiger partial charge is 0.272 e. The summed E-state index contributed by atoms with van der Waals surface area (Å²) in [5.74, 6) is -0.289. The number of aromatic nitrogens is 2. The number of carbonyl (C=O) groups excluding carboxylic acids is 1. The first-order chi connectivity index (χ1) is 10.8. The molecule has 0 aliphatic carbocycles. The van der Waals surface area contributed by atoms with Gasteiger partial charge in [-0.1, -0.05) is 30.3 Å². The van der Waals surface area contributed by atoms with Crippen molar-refractivity contribution in [1.29, 1.82) is 0 Å². The van der Waals surface area contributed by atoms with Gasteiger partial charge in [0, 0.05) is 11.7 Å². The number of carbonyl (C=O) groups is 1. The normalized spacial score (nSPS) is 10.9. The standard InChI is InChI=1S/C16H21N5OS/c1-16(2,3)18-15(23)20-19-14(22)13-9-17-21(11-13)10-12-7-5-4-6-8-12/h4-9,11H,10H2,1-3H3,(H,19,22)(H2,18,20,23). The minimum Gasteiger partial charge on any atom is -0.357 e. The van der Waals surface area contributed by atoms with Crippen LogP contribution in [-0.2, 0) is 6.54 Å². The highest BCUT2D eigenvalue weighted by atomic mass is 32.1. The van der Waals surface area contributed by atoms with Gasteiger partial charge in [0.25, 0.3) is 5.91 Å². The quantitative estimate of drug-likeness (QED) is 0.591. The number of nitrogens with zero attached hydrogens (tertiary/aromatic N) is 2. The third-order valence-corrected chi connectivity index (χ3v) is 3.07. The van der Waals surface area contributed by atoms with E-state index in [1.54, 1.807) is 10.9 Å². The summed E-state index contributed by atoms with van der Waals surface area (Å²) in [4.78, 5) is 12.1. The Hall–Kier alpha value is -2.41. The summed E-state index contributed by atoms with van der Waals surface area (Å²) in [5.41, 5.74) is 6.65. The predicted molar refractivity (Wildman–Crippen MR) is 93.9 cm³/mol. The Labute approximate surface area is 141 Å². The second kappa shape index (κ2) is 7.23. The minimum atomic E-state index is -0.289. The van der Waals surface area contributed by atoms with Crippen molar-refractivity contribution in [2.75, 3.05) is 0 Å². The molecule has 7 heteroatoms. The van der Waals surface area contributed by atoms with Gasteiger partial charge >= 0.3 is 0 Å². The first-order valence-corrected chi connectivity index (χ1v) is 7.69. The summed E-state index contributed by atoms with van der Waals surface area (Å²) in [6, 6.07) is 9.93. The largest absolute Gasteiger partial charge is 0.357 e. The molecule has 0 radical (unpaired) electrons. The fraction of sp³-hybridized carbons (Fsp3) is 0.312. The van der Waals surface area contributed by atoms with E-state index in [2.05, 4.69) is 21.3 Å². The first kappa shape index (κ1) is 17.0. The lowest BCUT2D eigenvalue weighted by Gasteiger charge is -2.22. The van der Waals surface area contributed by atoms with Gasteiger partial charge in [0.15, 0.2) is 5.11 Å². The van der Waals surface area contributed by atoms with Gasteiger partial charge in [-0.2, -0.15) is 5.10 Å². The average Bonchev–Trinajstić information content (AvgIpc) is 2.92. The molecule has 1 aromatic heterocycles. The zero-order chi connectivity index (χ0) is 16.9. The van der Waals surface area contributed by atoms with Crippen LogP contribution in [0.2, 0.25) is 0 Å². The Morgan fingerprint density at radius 2 is 1.91 bits per heavy atom. The van der Waals surface area contributed by atoms with E-state index in [0.29, 0.717) is 17.2 Å². The van der Waals surface area contributed by atoms with E-state index >= 15 is 0 Å². The Balaban J connectivity index is 1.87. The van der Waals surface area contributed by atoms with Crippen LogP contribution in [0.4, 0.5) is 0 Å². The zero-order valence-corrected chi connectivity index (χ0v) is 14.3. The van der Waals surface area contributed by atoms with Crippen LogP contribution in [0.1, 0.15) is 36.7 Å². The fourth-order valence-electron chi connectivity index (χ4n) is 1.90. The van der Waals surface area contributed by atoms with Crippen molar-refractivity contribution in [1.82, 2.24) is 25.9 Å². The van der Waals surface area contributed by atoms with Crippen LogP contribution in [0.15, 0.2) is 42.7 Å². The van der Waals surface area contributed by atoms with Gasteiger partial charge in [0.1, 0.15) is 0 Å². The summed E-state index contributed by atoms with van der Waals surface area (Å²) in [7, 11) is 0. The molecule has 23 heavy (non-hydrogen) atoms. The lowest BCUT2D eigenvalue weighted by molar-refractivity contribution is 0.0943. The highest BCUT2D eigenvalue weighted by Gasteiger charge is 2.13. The summed E-state index contributed by atoms with van der Waals surface area (Å²) in [6.07, 6.45) is 3.23. The third kappa shape index (κ3) is 5.71. The van der Waals surface area contributed by atoms with Gasteiger partial charge < -0.3 is 5.32 Å². The van der Waals surface area contributed by atoms with E-state index in [1.165, 1.54) is 6.20 Å². The summed E-state index contributed by atoms with van der Waals surface area (Å²) >= 11 is 5.10. The van der Waals surface area contributed by atoms with E-state index < -0.39 is 0 Å². The van der Waals surface area contributed by atoms with Crippen LogP contribution >= 0.6 is 12.2 Å². The van der Waals surface area contributed by atoms with Gasteiger partial charge in [0.2, 0.25) is 0 Å². The molecular weight excluding hydrogens is 310 g/mol. The van der Waals surface area contributed by atoms with Crippen LogP contribution in [0.5, 0.6) is 0 Å². The van der Waals surface area contributed by atoms with Gasteiger partial charge in [0.05, 0.1) is 18.3 Å². The molecule has 3 N–H and O–H groups in total. The van der Waals surface area contributed by atoms with E-state index in [-0.39, 0.29) is 11.4 Å². The van der Waals surface area contributed by atoms with Gasteiger partial charge in [-0.3, -0.25) is 20.3 Å². The van der Waals surface area contributed by atoms with E-state index in [0.717, 1.165) is 5.56 Å². The lowest BCUT2D eigenvalue weighted by Crippen LogP contribution is -2.52. The van der Waals surface area contributed by atoms with Crippen LogP contribution in [0.3, 0.4) is 0 Å². The zero-order valence-electron chi connectivity index (χ0n) is 13.5. The molecule has 0 unspecified atom stereocenters. The molecule has 0 fully saturated rings. The number of rotatable bonds is 3. The molecule has 0 aliphatic rings. The molecule has 6 nitrogen and oxygen atoms in total. The molecule has 0 aliphatic heterocycles. The lowest BCUT2D eigenvalue weighted by atomic mass is 10.1. The van der Waals surface area contributed by atoms with Crippen molar-refractivity contribution in [3.8, 4) is 0 Å². The van der Waals surface area contributed by atoms with Gasteiger partial charge in [-0.15, -0.1) is 0 Å². The van der Waals surface area contributed by atoms with Crippen LogP contribution in [0.25, 0.3) is 0 Å². The van der Waals surface area contributed by atoms with Crippen molar-refractivity contribution in [3.05, 3.63) is 53.9 Å². The van der Waals surface area contributed by atoms with Crippen molar-refractivity contribution >= 4 is 23.2 Å². The molecule has 1 aromatic carbocycles. The molecule has 0 spiro atoms. The SMILES string of the molecule is CC(C)(C)NC(=S)NNC(=O)c1cnn(Cc2ccccc2)c1. The third-order valence-electron chi connectivity index (χ3n) is 2.86. The topological polar surface area (TPSA) is 71.0 Å². The molecule has 0 atom stereocenters. The first-order valence-electron chi connectivity index (χ1n) is 7.28. The Morgan fingerprint density at radius 1 is 1.22 bits per heavy atom. The maximum atomic E-state index is 12.1. The van der Waals surface area contributed by atoms with E-state index in [1.807, 2.05) is 51.1 Å². The number of benzene rings is 1. The Morgan fingerprint density at radius 3 is 2.57 bits per heavy atom. The van der Waals surface area contributed by atoms with Crippen LogP contribution < -0.4 is 16.2 Å². The number of hydrogen-bond acceptors (Lipinski definition) is 3. The van der Waals surface area contributed by atoms with Crippen molar-refractivity contribution < 1.29 is 4.79 Å². The molecule has 0 bridgehead atoms. The Kier molecular flexibility index (Phi) is 5.33. The number of thiocarbonyl (C=S) groups is 1. The molecule has 122 valence electrons. The predicted octanol–water partition coefficient (Wildman–Crippen LogP) is 1.84. The molecule has 2 aromatic rings. The molecule has 1 amide bonds. The number of nitrogens with one attached hydrogen (secondary N) is 3. The van der Waals surface area contributed by atoms with E-state index in [4.69, 9.17) is 12.2 Å². The molecular formula is C16H21N5OS. The summed E-state index contributed by atoms with van der Waals surface area (Å²) < 4.78 is 1.72. The molecule has 0 saturated carbocycles. The van der Waals surface area contributed by atoms with Crippen LogP contribution in [0, 0.1) is 0 Å². The fourth-order valence-corrected chi connectivity index (χ4v) is 2.25. The summed E-state index contributed by atoms with van der Waals surface area (Å²) in [5, 5.41) is 7.61. The average molecular weight is 331 g/mol. The van der Waals surface area contributed by atoms with E-state index in [9.17, 15) is 4.79 Å². The maximum Gasteiger partial charge on any atom is 0.272 e. The molecule has 0 saturated heterocycles. The highest BCUT2D eigenvalue weighted by Crippen LogP contribution is 2.04. The van der Waals surface area contributed by atoms with Crippen LogP contribution in [-0.4, -0.2) is 26.3 Å². The number of hydrazine groups is 1. The Bertz CT molecular complexity index is 675. The molecule has 2 rings (SSSR count). The van der Waals surface area contributed by atoms with Crippen molar-refractivity contribution in [2.45, 2.75) is 32.9 Å². The minimum absolute atomic E-state index is 0.171. The maximum absolute atomic E-state index is 12.1. The summed E-state index contributed by atoms with van der Waals surface area (Å²) in [6.45, 7) is 6.56. The highest BCUT2D eigenvalue weighted by molar-refractivity contribution is 7.80. The number of amides is 1.